The highest BCUT2D eigenvalue weighted by atomic mass is 32.2. The van der Waals surface area contributed by atoms with Crippen LogP contribution in [0.4, 0.5) is 5.69 Å². The predicted molar refractivity (Wildman–Crippen MR) is 87.2 cm³/mol. The molecule has 0 unspecified atom stereocenters. The molecule has 1 aromatic carbocycles. The van der Waals surface area contributed by atoms with Crippen LogP contribution in [0.1, 0.15) is 34.3 Å². The number of nitrogens with zero attached hydrogens (tertiary/aromatic N) is 1. The summed E-state index contributed by atoms with van der Waals surface area (Å²) in [6.07, 6.45) is 0. The quantitative estimate of drug-likeness (QED) is 0.827. The molecular weight excluding hydrogens is 300 g/mol. The lowest BCUT2D eigenvalue weighted by atomic mass is 10.1. The third-order valence-electron chi connectivity index (χ3n) is 3.24. The van der Waals surface area contributed by atoms with Gasteiger partial charge in [-0.2, -0.15) is 0 Å². The smallest absolute Gasteiger partial charge is 0.234 e. The van der Waals surface area contributed by atoms with Gasteiger partial charge in [0.05, 0.1) is 11.4 Å². The van der Waals surface area contributed by atoms with E-state index in [2.05, 4.69) is 10.5 Å². The second-order valence-electron chi connectivity index (χ2n) is 4.98. The van der Waals surface area contributed by atoms with Crippen LogP contribution in [0.25, 0.3) is 0 Å². The Hall–Kier alpha value is -2.08. The Morgan fingerprint density at radius 1 is 1.23 bits per heavy atom. The van der Waals surface area contributed by atoms with Crippen LogP contribution in [0.5, 0.6) is 0 Å². The molecule has 1 amide bonds. The lowest BCUT2D eigenvalue weighted by Gasteiger charge is -2.06. The van der Waals surface area contributed by atoms with E-state index in [1.807, 2.05) is 13.8 Å². The lowest BCUT2D eigenvalue weighted by Crippen LogP contribution is -2.14. The predicted octanol–water partition coefficient (Wildman–Crippen LogP) is 3.37. The molecule has 0 spiro atoms. The molecule has 1 N–H and O–H groups in total. The summed E-state index contributed by atoms with van der Waals surface area (Å²) in [6, 6.07) is 6.87. The maximum atomic E-state index is 11.9. The number of amides is 1. The van der Waals surface area contributed by atoms with E-state index in [4.69, 9.17) is 4.52 Å². The zero-order chi connectivity index (χ0) is 16.1. The Kier molecular flexibility index (Phi) is 5.38. The van der Waals surface area contributed by atoms with Crippen molar-refractivity contribution in [2.75, 3.05) is 11.1 Å². The first-order valence-electron chi connectivity index (χ1n) is 6.87. The minimum Gasteiger partial charge on any atom is -0.361 e. The number of hydrogen-bond acceptors (Lipinski definition) is 5. The first kappa shape index (κ1) is 16.3. The lowest BCUT2D eigenvalue weighted by molar-refractivity contribution is -0.113. The van der Waals surface area contributed by atoms with Gasteiger partial charge in [0.15, 0.2) is 5.78 Å². The number of carbonyl (C=O) groups is 2. The molecule has 5 nitrogen and oxygen atoms in total. The molecule has 1 aromatic heterocycles. The second kappa shape index (κ2) is 7.26. The normalized spacial score (nSPS) is 10.5. The molecule has 0 fully saturated rings. The Bertz CT molecular complexity index is 658. The van der Waals surface area contributed by atoms with E-state index in [-0.39, 0.29) is 11.7 Å². The largest absolute Gasteiger partial charge is 0.361 e. The van der Waals surface area contributed by atoms with Gasteiger partial charge in [0.2, 0.25) is 5.91 Å². The first-order chi connectivity index (χ1) is 10.5. The van der Waals surface area contributed by atoms with Gasteiger partial charge in [0.25, 0.3) is 0 Å². The minimum absolute atomic E-state index is 0.00731. The maximum Gasteiger partial charge on any atom is 0.234 e. The van der Waals surface area contributed by atoms with Gasteiger partial charge < -0.3 is 9.84 Å². The summed E-state index contributed by atoms with van der Waals surface area (Å²) in [4.78, 5) is 23.1. The summed E-state index contributed by atoms with van der Waals surface area (Å²) < 4.78 is 5.09. The number of anilines is 1. The number of aryl methyl sites for hydroxylation is 2. The Morgan fingerprint density at radius 2 is 1.91 bits per heavy atom. The van der Waals surface area contributed by atoms with Crippen molar-refractivity contribution in [2.45, 2.75) is 26.5 Å². The highest BCUT2D eigenvalue weighted by molar-refractivity contribution is 7.99. The van der Waals surface area contributed by atoms with Crippen molar-refractivity contribution in [1.29, 1.82) is 0 Å². The van der Waals surface area contributed by atoms with Crippen LogP contribution in [0.15, 0.2) is 28.8 Å². The van der Waals surface area contributed by atoms with Gasteiger partial charge in [-0.1, -0.05) is 5.16 Å². The molecule has 0 aliphatic heterocycles. The molecule has 6 heteroatoms. The first-order valence-corrected chi connectivity index (χ1v) is 8.03. The zero-order valence-corrected chi connectivity index (χ0v) is 13.6. The van der Waals surface area contributed by atoms with E-state index >= 15 is 0 Å². The maximum absolute atomic E-state index is 11.9. The molecule has 0 saturated carbocycles. The Balaban J connectivity index is 1.82. The standard InChI is InChI=1S/C16H18N2O3S/c1-10-15(12(3)21-18-10)8-22-9-16(20)17-14-6-4-13(5-7-14)11(2)19/h4-7H,8-9H2,1-3H3,(H,17,20). The van der Waals surface area contributed by atoms with Crippen LogP contribution >= 0.6 is 11.8 Å². The number of hydrogen-bond donors (Lipinski definition) is 1. The Morgan fingerprint density at radius 3 is 2.45 bits per heavy atom. The monoisotopic (exact) mass is 318 g/mol. The Labute approximate surface area is 133 Å². The average Bonchev–Trinajstić information content (AvgIpc) is 2.79. The number of thioether (sulfide) groups is 1. The minimum atomic E-state index is -0.0765. The average molecular weight is 318 g/mol. The van der Waals surface area contributed by atoms with Gasteiger partial charge in [-0.05, 0) is 45.0 Å². The zero-order valence-electron chi connectivity index (χ0n) is 12.8. The summed E-state index contributed by atoms with van der Waals surface area (Å²) in [7, 11) is 0. The van der Waals surface area contributed by atoms with Gasteiger partial charge in [-0.3, -0.25) is 9.59 Å². The molecule has 0 aliphatic carbocycles. The summed E-state index contributed by atoms with van der Waals surface area (Å²) in [6.45, 7) is 5.27. The van der Waals surface area contributed by atoms with E-state index < -0.39 is 0 Å². The van der Waals surface area contributed by atoms with E-state index in [0.717, 1.165) is 17.0 Å². The van der Waals surface area contributed by atoms with Crippen molar-refractivity contribution in [2.24, 2.45) is 0 Å². The number of nitrogens with one attached hydrogen (secondary N) is 1. The number of Topliss-reactive ketones (excluding diaryl/α,β-unsaturated/α-hetero) is 1. The van der Waals surface area contributed by atoms with Crippen LogP contribution in [-0.4, -0.2) is 22.6 Å². The summed E-state index contributed by atoms with van der Waals surface area (Å²) in [5.74, 6) is 1.77. The third kappa shape index (κ3) is 4.21. The molecule has 22 heavy (non-hydrogen) atoms. The molecule has 0 atom stereocenters. The van der Waals surface area contributed by atoms with E-state index in [1.165, 1.54) is 18.7 Å². The molecule has 0 saturated heterocycles. The summed E-state index contributed by atoms with van der Waals surface area (Å²) >= 11 is 1.51. The molecule has 2 aromatic rings. The fourth-order valence-corrected chi connectivity index (χ4v) is 2.91. The molecular formula is C16H18N2O3S. The van der Waals surface area contributed by atoms with E-state index in [9.17, 15) is 9.59 Å². The van der Waals surface area contributed by atoms with Crippen LogP contribution in [0, 0.1) is 13.8 Å². The van der Waals surface area contributed by atoms with Crippen molar-refractivity contribution >= 4 is 29.1 Å². The van der Waals surface area contributed by atoms with Crippen molar-refractivity contribution in [1.82, 2.24) is 5.16 Å². The summed E-state index contributed by atoms with van der Waals surface area (Å²) in [5.41, 5.74) is 3.23. The topological polar surface area (TPSA) is 72.2 Å². The molecule has 1 heterocycles. The number of ketones is 1. The van der Waals surface area contributed by atoms with E-state index in [1.54, 1.807) is 24.3 Å². The fourth-order valence-electron chi connectivity index (χ4n) is 1.94. The van der Waals surface area contributed by atoms with Crippen LogP contribution in [-0.2, 0) is 10.5 Å². The fraction of sp³-hybridized carbons (Fsp3) is 0.312. The van der Waals surface area contributed by atoms with Crippen LogP contribution < -0.4 is 5.32 Å². The highest BCUT2D eigenvalue weighted by Gasteiger charge is 2.10. The van der Waals surface area contributed by atoms with Crippen molar-refractivity contribution < 1.29 is 14.1 Å². The van der Waals surface area contributed by atoms with Gasteiger partial charge >= 0.3 is 0 Å². The second-order valence-corrected chi connectivity index (χ2v) is 5.96. The molecule has 2 rings (SSSR count). The SMILES string of the molecule is CC(=O)c1ccc(NC(=O)CSCc2c(C)noc2C)cc1. The van der Waals surface area contributed by atoms with Crippen molar-refractivity contribution in [3.8, 4) is 0 Å². The molecule has 0 aliphatic rings. The number of aromatic nitrogens is 1. The highest BCUT2D eigenvalue weighted by Crippen LogP contribution is 2.19. The van der Waals surface area contributed by atoms with Crippen LogP contribution in [0.3, 0.4) is 0 Å². The molecule has 0 radical (unpaired) electrons. The van der Waals surface area contributed by atoms with E-state index in [0.29, 0.717) is 22.8 Å². The third-order valence-corrected chi connectivity index (χ3v) is 4.20. The van der Waals surface area contributed by atoms with Crippen molar-refractivity contribution in [3.05, 3.63) is 46.8 Å². The number of benzene rings is 1. The van der Waals surface area contributed by atoms with Gasteiger partial charge in [-0.15, -0.1) is 11.8 Å². The summed E-state index contributed by atoms with van der Waals surface area (Å²) in [5, 5.41) is 6.69. The molecule has 0 bridgehead atoms. The van der Waals surface area contributed by atoms with Gasteiger partial charge in [-0.25, -0.2) is 0 Å². The molecule has 116 valence electrons. The van der Waals surface area contributed by atoms with Gasteiger partial charge in [0, 0.05) is 22.6 Å². The number of rotatable bonds is 6. The van der Waals surface area contributed by atoms with Crippen LogP contribution in [0.2, 0.25) is 0 Å². The number of carbonyl (C=O) groups excluding carboxylic acids is 2. The van der Waals surface area contributed by atoms with Crippen molar-refractivity contribution in [3.63, 3.8) is 0 Å². The van der Waals surface area contributed by atoms with Gasteiger partial charge in [0.1, 0.15) is 5.76 Å².